The van der Waals surface area contributed by atoms with E-state index >= 15 is 0 Å². The minimum Gasteiger partial charge on any atom is -0.360 e. The maximum atomic E-state index is 12.5. The quantitative estimate of drug-likeness (QED) is 0.779. The van der Waals surface area contributed by atoms with E-state index in [2.05, 4.69) is 9.88 Å². The van der Waals surface area contributed by atoms with Crippen molar-refractivity contribution in [2.45, 2.75) is 25.2 Å². The molecule has 0 aliphatic carbocycles. The Kier molecular flexibility index (Phi) is 5.03. The maximum Gasteiger partial charge on any atom is 0.240 e. The molecule has 0 fully saturated rings. The lowest BCUT2D eigenvalue weighted by molar-refractivity contribution is -0.117. The van der Waals surface area contributed by atoms with Gasteiger partial charge in [0.1, 0.15) is 5.76 Å². The highest BCUT2D eigenvalue weighted by Crippen LogP contribution is 2.29. The summed E-state index contributed by atoms with van der Waals surface area (Å²) in [5, 5.41) is 3.78. The van der Waals surface area contributed by atoms with Gasteiger partial charge >= 0.3 is 0 Å². The number of hydrogen-bond acceptors (Lipinski definition) is 6. The van der Waals surface area contributed by atoms with E-state index in [1.54, 1.807) is 26.1 Å². The molecule has 2 aromatic rings. The van der Waals surface area contributed by atoms with Gasteiger partial charge in [-0.1, -0.05) is 5.16 Å². The molecule has 1 N–H and O–H groups in total. The first-order chi connectivity index (χ1) is 12.7. The van der Waals surface area contributed by atoms with Crippen LogP contribution < -0.4 is 14.5 Å². The van der Waals surface area contributed by atoms with Crippen molar-refractivity contribution in [1.29, 1.82) is 0 Å². The lowest BCUT2D eigenvalue weighted by Gasteiger charge is -2.18. The molecule has 2 heterocycles. The summed E-state index contributed by atoms with van der Waals surface area (Å²) in [6.07, 6.45) is 0.179. The van der Waals surface area contributed by atoms with E-state index in [4.69, 9.17) is 4.52 Å². The molecule has 0 atom stereocenters. The number of carbonyl (C=O) groups excluding carboxylic acids is 2. The number of fused-ring (bicyclic) bond motifs is 1. The summed E-state index contributed by atoms with van der Waals surface area (Å²) in [7, 11) is -2.12. The molecule has 1 aliphatic rings. The van der Waals surface area contributed by atoms with E-state index in [1.807, 2.05) is 0 Å². The predicted molar refractivity (Wildman–Crippen MR) is 98.0 cm³/mol. The summed E-state index contributed by atoms with van der Waals surface area (Å²) in [4.78, 5) is 26.5. The molecule has 1 aliphatic heterocycles. The lowest BCUT2D eigenvalue weighted by atomic mass is 10.2. The highest BCUT2D eigenvalue weighted by molar-refractivity contribution is 7.89. The number of aromatic nitrogens is 1. The number of likely N-dealkylation sites (N-methyl/N-ethyl adjacent to an activating group) is 1. The fourth-order valence-corrected chi connectivity index (χ4v) is 3.97. The molecule has 1 aromatic carbocycles. The molecule has 0 unspecified atom stereocenters. The zero-order chi connectivity index (χ0) is 19.8. The third kappa shape index (κ3) is 3.86. The molecule has 2 amide bonds. The Bertz CT molecular complexity index is 999. The average Bonchev–Trinajstić information content (AvgIpc) is 3.14. The van der Waals surface area contributed by atoms with E-state index in [9.17, 15) is 18.0 Å². The Morgan fingerprint density at radius 1 is 1.37 bits per heavy atom. The highest BCUT2D eigenvalue weighted by atomic mass is 32.2. The summed E-state index contributed by atoms with van der Waals surface area (Å²) in [6.45, 7) is 3.18. The van der Waals surface area contributed by atoms with Crippen molar-refractivity contribution in [3.8, 4) is 0 Å². The molecule has 3 rings (SSSR count). The van der Waals surface area contributed by atoms with E-state index in [0.717, 1.165) is 0 Å². The van der Waals surface area contributed by atoms with Crippen LogP contribution in [-0.4, -0.2) is 45.5 Å². The molecule has 0 saturated heterocycles. The summed E-state index contributed by atoms with van der Waals surface area (Å²) >= 11 is 0. The first-order valence-electron chi connectivity index (χ1n) is 8.29. The number of benzene rings is 1. The van der Waals surface area contributed by atoms with Crippen LogP contribution in [0, 0.1) is 6.92 Å². The van der Waals surface area contributed by atoms with Crippen molar-refractivity contribution < 1.29 is 22.5 Å². The van der Waals surface area contributed by atoms with Crippen LogP contribution in [0.4, 0.5) is 11.5 Å². The van der Waals surface area contributed by atoms with Gasteiger partial charge in [-0.15, -0.1) is 0 Å². The van der Waals surface area contributed by atoms with Crippen LogP contribution in [0.5, 0.6) is 0 Å². The van der Waals surface area contributed by atoms with Crippen LogP contribution in [0.1, 0.15) is 18.2 Å². The van der Waals surface area contributed by atoms with Crippen LogP contribution in [0.25, 0.3) is 0 Å². The minimum absolute atomic E-state index is 0.00371. The van der Waals surface area contributed by atoms with Crippen molar-refractivity contribution in [3.05, 3.63) is 35.6 Å². The van der Waals surface area contributed by atoms with E-state index in [0.29, 0.717) is 22.8 Å². The van der Waals surface area contributed by atoms with Gasteiger partial charge in [-0.3, -0.25) is 14.5 Å². The van der Waals surface area contributed by atoms with Crippen LogP contribution >= 0.6 is 0 Å². The Morgan fingerprint density at radius 3 is 2.74 bits per heavy atom. The molecule has 144 valence electrons. The van der Waals surface area contributed by atoms with Crippen molar-refractivity contribution in [1.82, 2.24) is 9.88 Å². The number of amides is 2. The predicted octanol–water partition coefficient (Wildman–Crippen LogP) is 0.833. The number of anilines is 2. The van der Waals surface area contributed by atoms with Gasteiger partial charge < -0.3 is 9.42 Å². The van der Waals surface area contributed by atoms with Crippen molar-refractivity contribution in [3.63, 3.8) is 0 Å². The molecular formula is C17H20N4O5S. The number of nitrogens with one attached hydrogen (secondary N) is 1. The van der Waals surface area contributed by atoms with Gasteiger partial charge in [0.25, 0.3) is 0 Å². The zero-order valence-electron chi connectivity index (χ0n) is 15.2. The summed E-state index contributed by atoms with van der Waals surface area (Å²) in [5.41, 5.74) is 1.39. The molecule has 9 nitrogen and oxygen atoms in total. The monoisotopic (exact) mass is 392 g/mol. The summed E-state index contributed by atoms with van der Waals surface area (Å²) in [6, 6.07) is 6.18. The smallest absolute Gasteiger partial charge is 0.240 e. The Morgan fingerprint density at radius 2 is 2.11 bits per heavy atom. The third-order valence-electron chi connectivity index (χ3n) is 4.34. The fraction of sp³-hybridized carbons (Fsp3) is 0.353. The molecule has 27 heavy (non-hydrogen) atoms. The zero-order valence-corrected chi connectivity index (χ0v) is 16.0. The Balaban J connectivity index is 1.69. The van der Waals surface area contributed by atoms with Crippen LogP contribution in [0.3, 0.4) is 0 Å². The Hall–Kier alpha value is -2.72. The molecule has 0 saturated carbocycles. The van der Waals surface area contributed by atoms with E-state index in [1.165, 1.54) is 28.9 Å². The van der Waals surface area contributed by atoms with Gasteiger partial charge in [-0.05, 0) is 30.7 Å². The van der Waals surface area contributed by atoms with Gasteiger partial charge in [0.15, 0.2) is 5.82 Å². The van der Waals surface area contributed by atoms with Crippen molar-refractivity contribution >= 4 is 33.3 Å². The third-order valence-corrected chi connectivity index (χ3v) is 5.80. The fourth-order valence-electron chi connectivity index (χ4n) is 2.90. The second kappa shape index (κ2) is 7.12. The standard InChI is InChI=1S/C17H20N4O5S/c1-11-8-16(19-26-11)21(12(2)22)7-6-18-27(24,25)14-4-5-15-13(9-14)10-17(23)20(15)3/h4-5,8-9,18H,6-7,10H2,1-3H3. The average molecular weight is 392 g/mol. The number of nitrogens with zero attached hydrogens (tertiary/aromatic N) is 3. The number of rotatable bonds is 6. The number of carbonyl (C=O) groups is 2. The van der Waals surface area contributed by atoms with Gasteiger partial charge in [0.05, 0.1) is 11.3 Å². The minimum atomic E-state index is -3.78. The van der Waals surface area contributed by atoms with Gasteiger partial charge in [-0.25, -0.2) is 13.1 Å². The number of sulfonamides is 1. The second-order valence-electron chi connectivity index (χ2n) is 6.28. The van der Waals surface area contributed by atoms with Crippen LogP contribution in [-0.2, 0) is 26.0 Å². The topological polar surface area (TPSA) is 113 Å². The Labute approximate surface area is 157 Å². The van der Waals surface area contributed by atoms with E-state index in [-0.39, 0.29) is 36.2 Å². The largest absolute Gasteiger partial charge is 0.360 e. The van der Waals surface area contributed by atoms with Gasteiger partial charge in [-0.2, -0.15) is 0 Å². The number of aryl methyl sites for hydroxylation is 1. The van der Waals surface area contributed by atoms with Crippen LogP contribution in [0.2, 0.25) is 0 Å². The normalized spacial score (nSPS) is 13.7. The van der Waals surface area contributed by atoms with E-state index < -0.39 is 10.0 Å². The highest BCUT2D eigenvalue weighted by Gasteiger charge is 2.26. The maximum absolute atomic E-state index is 12.5. The van der Waals surface area contributed by atoms with Crippen molar-refractivity contribution in [2.24, 2.45) is 0 Å². The SMILES string of the molecule is CC(=O)N(CCNS(=O)(=O)c1ccc2c(c1)CC(=O)N2C)c1cc(C)on1. The summed E-state index contributed by atoms with van der Waals surface area (Å²) < 4.78 is 32.5. The molecule has 10 heteroatoms. The van der Waals surface area contributed by atoms with Crippen LogP contribution in [0.15, 0.2) is 33.7 Å². The lowest BCUT2D eigenvalue weighted by Crippen LogP contribution is -2.37. The summed E-state index contributed by atoms with van der Waals surface area (Å²) in [5.74, 6) is 0.529. The second-order valence-corrected chi connectivity index (χ2v) is 8.05. The number of hydrogen-bond donors (Lipinski definition) is 1. The van der Waals surface area contributed by atoms with Gasteiger partial charge in [0.2, 0.25) is 21.8 Å². The molecular weight excluding hydrogens is 372 g/mol. The molecule has 0 spiro atoms. The molecule has 1 aromatic heterocycles. The first kappa shape index (κ1) is 19.1. The molecule has 0 radical (unpaired) electrons. The van der Waals surface area contributed by atoms with Crippen molar-refractivity contribution in [2.75, 3.05) is 29.9 Å². The first-order valence-corrected chi connectivity index (χ1v) is 9.78. The molecule has 0 bridgehead atoms. The van der Waals surface area contributed by atoms with Gasteiger partial charge in [0, 0.05) is 38.8 Å².